The molecule has 10 heteroatoms. The smallest absolute Gasteiger partial charge is 0.0233 e. The Bertz CT molecular complexity index is 569. The van der Waals surface area contributed by atoms with Crippen molar-refractivity contribution >= 4 is 0 Å². The molecule has 8 nitrogen and oxygen atoms in total. The number of hydrogen-bond donors (Lipinski definition) is 0. The van der Waals surface area contributed by atoms with Crippen molar-refractivity contribution in [3.63, 3.8) is 0 Å². The third kappa shape index (κ3) is 17.6. The number of benzene rings is 1. The molecule has 0 atom stereocenters. The van der Waals surface area contributed by atoms with Gasteiger partial charge in [0, 0.05) is 47.2 Å². The molecule has 2 aliphatic heterocycles. The maximum absolute atomic E-state index is 4.73. The maximum atomic E-state index is 4.73. The Balaban J connectivity index is 0.00000361. The summed E-state index contributed by atoms with van der Waals surface area (Å²) in [5.74, 6) is 0. The minimum Gasteiger partial charge on any atom is -0.664 e. The molecule has 0 N–H and O–H groups in total. The second-order valence-electron chi connectivity index (χ2n) is 9.81. The second-order valence-corrected chi connectivity index (χ2v) is 9.81. The van der Waals surface area contributed by atoms with Gasteiger partial charge in [-0.15, -0.1) is 26.2 Å². The fourth-order valence-corrected chi connectivity index (χ4v) is 4.59. The Labute approximate surface area is 253 Å². The molecule has 2 radical (unpaired) electrons. The zero-order chi connectivity index (χ0) is 24.9. The molecule has 228 valence electrons. The first-order valence-corrected chi connectivity index (χ1v) is 14.2. The van der Waals surface area contributed by atoms with Gasteiger partial charge in [0.05, 0.1) is 0 Å². The topological polar surface area (TPSA) is 91.1 Å². The Morgan fingerprint density at radius 2 is 0.711 bits per heavy atom. The Hall–Kier alpha value is -0.0610. The Morgan fingerprint density at radius 3 is 1.08 bits per heavy atom. The monoisotopic (exact) mass is 622 g/mol. The SMILES string of the molecule is [Cu].[Cu].c1cc(CN2CCC[N-]CC[N-]CCC[N-]CC2)ccc1CN1CCC[N-]CC[N-]CCC[N-]CC1. The number of hydrogen-bond acceptors (Lipinski definition) is 2. The van der Waals surface area contributed by atoms with Crippen molar-refractivity contribution in [1.82, 2.24) is 9.80 Å². The molecular weight excluding hydrogens is 575 g/mol. The van der Waals surface area contributed by atoms with E-state index in [4.69, 9.17) is 10.6 Å². The molecule has 2 heterocycles. The summed E-state index contributed by atoms with van der Waals surface area (Å²) >= 11 is 0. The van der Waals surface area contributed by atoms with Gasteiger partial charge in [0.1, 0.15) is 0 Å². The minimum atomic E-state index is 0. The van der Waals surface area contributed by atoms with Crippen LogP contribution in [0.25, 0.3) is 31.9 Å². The van der Waals surface area contributed by atoms with Crippen LogP contribution in [0, 0.1) is 0 Å². The summed E-state index contributed by atoms with van der Waals surface area (Å²) < 4.78 is 0. The average molecular weight is 624 g/mol. The van der Waals surface area contributed by atoms with Crippen molar-refractivity contribution in [1.29, 1.82) is 0 Å². The molecule has 2 saturated heterocycles. The quantitative estimate of drug-likeness (QED) is 0.436. The van der Waals surface area contributed by atoms with E-state index < -0.39 is 0 Å². The Morgan fingerprint density at radius 1 is 0.395 bits per heavy atom. The molecule has 0 aliphatic carbocycles. The van der Waals surface area contributed by atoms with Crippen LogP contribution in [0.2, 0.25) is 0 Å². The van der Waals surface area contributed by atoms with E-state index in [1.165, 1.54) is 11.1 Å². The summed E-state index contributed by atoms with van der Waals surface area (Å²) in [6, 6.07) is 9.27. The molecule has 3 rings (SSSR count). The molecule has 38 heavy (non-hydrogen) atoms. The van der Waals surface area contributed by atoms with Crippen LogP contribution in [0.1, 0.15) is 36.8 Å². The largest absolute Gasteiger partial charge is 0.664 e. The summed E-state index contributed by atoms with van der Waals surface area (Å²) in [4.78, 5) is 5.09. The number of rotatable bonds is 4. The summed E-state index contributed by atoms with van der Waals surface area (Å²) in [5.41, 5.74) is 2.77. The zero-order valence-electron chi connectivity index (χ0n) is 23.0. The standard InChI is InChI=1S/C28H48N8.2Cu/c1-9-29-15-17-31-13-3-21-35(23-19-33-11-1)25-27-5-7-28(8-6-27)26-36-22-4-14-32-18-16-30-10-2-12-34-20-24-36;;/h5-8H,1-4,9-26H2;;/q-6;;. The van der Waals surface area contributed by atoms with E-state index in [1.807, 2.05) is 0 Å². The van der Waals surface area contributed by atoms with Gasteiger partial charge in [-0.3, -0.25) is 0 Å². The molecular formula is C28H48Cu2N8-6. The van der Waals surface area contributed by atoms with Gasteiger partial charge < -0.3 is 41.7 Å². The molecule has 0 amide bonds. The van der Waals surface area contributed by atoms with E-state index in [9.17, 15) is 0 Å². The molecule has 2 aliphatic rings. The van der Waals surface area contributed by atoms with Crippen LogP contribution in [0.15, 0.2) is 24.3 Å². The first-order valence-electron chi connectivity index (χ1n) is 14.2. The van der Waals surface area contributed by atoms with E-state index >= 15 is 0 Å². The average Bonchev–Trinajstić information content (AvgIpc) is 2.89. The van der Waals surface area contributed by atoms with Gasteiger partial charge in [-0.2, -0.15) is 52.4 Å². The molecule has 0 spiro atoms. The van der Waals surface area contributed by atoms with Gasteiger partial charge in [0.2, 0.25) is 0 Å². The van der Waals surface area contributed by atoms with Gasteiger partial charge in [-0.25, -0.2) is 0 Å². The fraction of sp³-hybridized carbons (Fsp3) is 0.786. The van der Waals surface area contributed by atoms with Crippen molar-refractivity contribution in [3.8, 4) is 0 Å². The van der Waals surface area contributed by atoms with Gasteiger partial charge in [-0.1, -0.05) is 49.9 Å². The van der Waals surface area contributed by atoms with Crippen LogP contribution in [0.4, 0.5) is 0 Å². The molecule has 0 bridgehead atoms. The first kappa shape index (κ1) is 36.0. The summed E-state index contributed by atoms with van der Waals surface area (Å²) in [6.07, 6.45) is 4.35. The Kier molecular flexibility index (Phi) is 23.4. The van der Waals surface area contributed by atoms with E-state index in [0.29, 0.717) is 0 Å². The van der Waals surface area contributed by atoms with E-state index in [-0.39, 0.29) is 34.1 Å². The first-order chi connectivity index (χ1) is 17.9. The van der Waals surface area contributed by atoms with Gasteiger partial charge >= 0.3 is 0 Å². The molecule has 1 aromatic rings. The predicted molar refractivity (Wildman–Crippen MR) is 154 cm³/mol. The minimum absolute atomic E-state index is 0. The summed E-state index contributed by atoms with van der Waals surface area (Å²) in [7, 11) is 0. The van der Waals surface area contributed by atoms with Crippen LogP contribution in [0.5, 0.6) is 0 Å². The van der Waals surface area contributed by atoms with Crippen LogP contribution in [-0.4, -0.2) is 115 Å². The van der Waals surface area contributed by atoms with Crippen LogP contribution in [0.3, 0.4) is 0 Å². The van der Waals surface area contributed by atoms with Gasteiger partial charge in [-0.05, 0) is 37.3 Å². The fourth-order valence-electron chi connectivity index (χ4n) is 4.59. The van der Waals surface area contributed by atoms with Crippen LogP contribution >= 0.6 is 0 Å². The summed E-state index contributed by atoms with van der Waals surface area (Å²) in [5, 5.41) is 27.8. The predicted octanol–water partition coefficient (Wildman–Crippen LogP) is 5.12. The molecule has 1 aromatic carbocycles. The van der Waals surface area contributed by atoms with Crippen molar-refractivity contribution in [2.24, 2.45) is 0 Å². The normalized spacial score (nSPS) is 21.7. The third-order valence-corrected chi connectivity index (χ3v) is 6.66. The zero-order valence-corrected chi connectivity index (χ0v) is 24.9. The van der Waals surface area contributed by atoms with E-state index in [1.54, 1.807) is 0 Å². The van der Waals surface area contributed by atoms with Crippen LogP contribution in [-0.2, 0) is 47.2 Å². The van der Waals surface area contributed by atoms with Gasteiger partial charge in [0.15, 0.2) is 0 Å². The molecule has 0 saturated carbocycles. The van der Waals surface area contributed by atoms with E-state index in [2.05, 4.69) is 55.3 Å². The summed E-state index contributed by atoms with van der Waals surface area (Å²) in [6.45, 7) is 17.1. The van der Waals surface area contributed by atoms with Crippen molar-refractivity contribution in [2.45, 2.75) is 38.8 Å². The van der Waals surface area contributed by atoms with Crippen molar-refractivity contribution in [3.05, 3.63) is 67.3 Å². The van der Waals surface area contributed by atoms with Crippen molar-refractivity contribution in [2.75, 3.05) is 105 Å². The van der Waals surface area contributed by atoms with Crippen LogP contribution < -0.4 is 0 Å². The second kappa shape index (κ2) is 24.7. The van der Waals surface area contributed by atoms with Gasteiger partial charge in [0.25, 0.3) is 0 Å². The third-order valence-electron chi connectivity index (χ3n) is 6.66. The molecule has 2 fully saturated rings. The number of nitrogens with zero attached hydrogens (tertiary/aromatic N) is 8. The molecule has 0 unspecified atom stereocenters. The maximum Gasteiger partial charge on any atom is 0.0233 e. The van der Waals surface area contributed by atoms with Crippen molar-refractivity contribution < 1.29 is 34.1 Å². The molecule has 0 aromatic heterocycles. The van der Waals surface area contributed by atoms with E-state index in [0.717, 1.165) is 143 Å².